The molecule has 0 aliphatic carbocycles. The van der Waals surface area contributed by atoms with Crippen LogP contribution in [0.3, 0.4) is 0 Å². The van der Waals surface area contributed by atoms with Gasteiger partial charge in [0.1, 0.15) is 6.04 Å². The first-order valence-electron chi connectivity index (χ1n) is 8.85. The van der Waals surface area contributed by atoms with E-state index in [1.54, 1.807) is 11.1 Å². The second-order valence-corrected chi connectivity index (χ2v) is 7.75. The average molecular weight is 423 g/mol. The van der Waals surface area contributed by atoms with Crippen molar-refractivity contribution in [1.82, 2.24) is 15.2 Å². The van der Waals surface area contributed by atoms with Gasteiger partial charge in [0.2, 0.25) is 11.8 Å². The maximum Gasteiger partial charge on any atom is 0.248 e. The number of nitrogens with one attached hydrogen (secondary N) is 2. The molecule has 148 valence electrons. The largest absolute Gasteiger partial charge is 0.331 e. The first kappa shape index (κ1) is 23.1. The zero-order chi connectivity index (χ0) is 16.9. The molecular weight excluding hydrogens is 395 g/mol. The third-order valence-electron chi connectivity index (χ3n) is 5.17. The van der Waals surface area contributed by atoms with E-state index in [0.29, 0.717) is 29.9 Å². The van der Waals surface area contributed by atoms with E-state index in [1.807, 2.05) is 5.38 Å². The first-order valence-corrected chi connectivity index (χ1v) is 9.73. The van der Waals surface area contributed by atoms with Crippen LogP contribution in [-0.2, 0) is 9.59 Å². The van der Waals surface area contributed by atoms with E-state index in [2.05, 4.69) is 22.5 Å². The van der Waals surface area contributed by atoms with Crippen LogP contribution in [0.1, 0.15) is 39.0 Å². The van der Waals surface area contributed by atoms with Crippen LogP contribution >= 0.6 is 36.2 Å². The van der Waals surface area contributed by atoms with Gasteiger partial charge < -0.3 is 15.5 Å². The minimum absolute atomic E-state index is 0. The van der Waals surface area contributed by atoms with Crippen molar-refractivity contribution in [2.75, 3.05) is 25.0 Å². The third-order valence-corrected chi connectivity index (χ3v) is 5.86. The number of aromatic nitrogens is 1. The summed E-state index contributed by atoms with van der Waals surface area (Å²) in [6.45, 7) is 4.94. The molecule has 2 fully saturated rings. The normalized spacial score (nSPS) is 23.5. The Balaban J connectivity index is 0.00000169. The van der Waals surface area contributed by atoms with E-state index in [9.17, 15) is 9.59 Å². The highest BCUT2D eigenvalue weighted by Crippen LogP contribution is 2.26. The summed E-state index contributed by atoms with van der Waals surface area (Å²) in [4.78, 5) is 31.1. The maximum absolute atomic E-state index is 12.7. The maximum atomic E-state index is 12.7. The second kappa shape index (κ2) is 11.1. The zero-order valence-electron chi connectivity index (χ0n) is 15.0. The fraction of sp³-hybridized carbons (Fsp3) is 0.706. The van der Waals surface area contributed by atoms with Crippen molar-refractivity contribution in [3.05, 3.63) is 11.6 Å². The smallest absolute Gasteiger partial charge is 0.248 e. The molecule has 3 atom stereocenters. The van der Waals surface area contributed by atoms with E-state index in [1.165, 1.54) is 24.2 Å². The Kier molecular flexibility index (Phi) is 9.85. The molecule has 3 heterocycles. The molecule has 3 unspecified atom stereocenters. The van der Waals surface area contributed by atoms with Gasteiger partial charge in [-0.25, -0.2) is 4.98 Å². The van der Waals surface area contributed by atoms with E-state index in [-0.39, 0.29) is 42.7 Å². The highest BCUT2D eigenvalue weighted by Gasteiger charge is 2.35. The molecule has 9 heteroatoms. The number of amides is 2. The summed E-state index contributed by atoms with van der Waals surface area (Å²) < 4.78 is 0. The molecule has 3 rings (SSSR count). The van der Waals surface area contributed by atoms with E-state index >= 15 is 0 Å². The van der Waals surface area contributed by atoms with Crippen molar-refractivity contribution >= 4 is 53.1 Å². The first-order chi connectivity index (χ1) is 11.6. The van der Waals surface area contributed by atoms with Crippen molar-refractivity contribution in [1.29, 1.82) is 0 Å². The molecule has 0 bridgehead atoms. The van der Waals surface area contributed by atoms with Crippen LogP contribution in [0, 0.1) is 11.8 Å². The number of carbonyl (C=O) groups is 2. The molecular formula is C17H28Cl2N4O2S. The molecule has 0 radical (unpaired) electrons. The SMILES string of the molecule is CC(CC(=O)N1CCCC1C(=O)Nc1nccs1)C1CCCNC1.Cl.Cl. The van der Waals surface area contributed by atoms with Gasteiger partial charge in [-0.15, -0.1) is 36.2 Å². The standard InChI is InChI=1S/C17H26N4O2S.2ClH/c1-12(13-4-2-6-18-11-13)10-15(22)21-8-3-5-14(21)16(23)20-17-19-7-9-24-17;;/h7,9,12-14,18H,2-6,8,10-11H2,1H3,(H,19,20,23);2*1H. The molecule has 26 heavy (non-hydrogen) atoms. The summed E-state index contributed by atoms with van der Waals surface area (Å²) in [5.74, 6) is 0.925. The Labute approximate surface area is 171 Å². The highest BCUT2D eigenvalue weighted by molar-refractivity contribution is 7.13. The Morgan fingerprint density at radius 3 is 2.85 bits per heavy atom. The van der Waals surface area contributed by atoms with Crippen LogP contribution in [0.2, 0.25) is 0 Å². The minimum atomic E-state index is -0.349. The number of piperidine rings is 1. The van der Waals surface area contributed by atoms with Gasteiger partial charge in [-0.2, -0.15) is 0 Å². The molecule has 1 aromatic heterocycles. The Morgan fingerprint density at radius 1 is 1.38 bits per heavy atom. The monoisotopic (exact) mass is 422 g/mol. The number of carbonyl (C=O) groups excluding carboxylic acids is 2. The van der Waals surface area contributed by atoms with Crippen molar-refractivity contribution in [2.24, 2.45) is 11.8 Å². The van der Waals surface area contributed by atoms with E-state index in [4.69, 9.17) is 0 Å². The number of thiazole rings is 1. The molecule has 0 saturated carbocycles. The van der Waals surface area contributed by atoms with Gasteiger partial charge in [0.15, 0.2) is 5.13 Å². The van der Waals surface area contributed by atoms with Crippen LogP contribution in [0.5, 0.6) is 0 Å². The molecule has 2 aliphatic heterocycles. The Hall–Kier alpha value is -0.890. The van der Waals surface area contributed by atoms with E-state index < -0.39 is 0 Å². The van der Waals surface area contributed by atoms with Crippen LogP contribution in [0.15, 0.2) is 11.6 Å². The van der Waals surface area contributed by atoms with E-state index in [0.717, 1.165) is 25.9 Å². The van der Waals surface area contributed by atoms with Gasteiger partial charge in [0.25, 0.3) is 0 Å². The summed E-state index contributed by atoms with van der Waals surface area (Å²) in [5.41, 5.74) is 0. The zero-order valence-corrected chi connectivity index (χ0v) is 17.4. The molecule has 2 saturated heterocycles. The lowest BCUT2D eigenvalue weighted by Gasteiger charge is -2.30. The summed E-state index contributed by atoms with van der Waals surface area (Å²) >= 11 is 1.40. The van der Waals surface area contributed by atoms with Crippen molar-refractivity contribution in [2.45, 2.75) is 45.1 Å². The van der Waals surface area contributed by atoms with Crippen LogP contribution < -0.4 is 10.6 Å². The second-order valence-electron chi connectivity index (χ2n) is 6.86. The lowest BCUT2D eigenvalue weighted by molar-refractivity contribution is -0.137. The Morgan fingerprint density at radius 2 is 2.19 bits per heavy atom. The Bertz CT molecular complexity index is 567. The highest BCUT2D eigenvalue weighted by atomic mass is 35.5. The topological polar surface area (TPSA) is 74.3 Å². The summed E-state index contributed by atoms with van der Waals surface area (Å²) in [7, 11) is 0. The molecule has 0 aromatic carbocycles. The molecule has 2 amide bonds. The number of hydrogen-bond acceptors (Lipinski definition) is 5. The van der Waals surface area contributed by atoms with Gasteiger partial charge in [0, 0.05) is 24.5 Å². The summed E-state index contributed by atoms with van der Waals surface area (Å²) in [6, 6.07) is -0.349. The van der Waals surface area contributed by atoms with Crippen molar-refractivity contribution in [3.8, 4) is 0 Å². The average Bonchev–Trinajstić information content (AvgIpc) is 3.27. The van der Waals surface area contributed by atoms with Gasteiger partial charge in [-0.05, 0) is 50.6 Å². The summed E-state index contributed by atoms with van der Waals surface area (Å²) in [6.07, 6.45) is 6.20. The van der Waals surface area contributed by atoms with Gasteiger partial charge in [-0.3, -0.25) is 9.59 Å². The number of anilines is 1. The van der Waals surface area contributed by atoms with Crippen molar-refractivity contribution in [3.63, 3.8) is 0 Å². The molecule has 2 aliphatic rings. The molecule has 6 nitrogen and oxygen atoms in total. The molecule has 1 aromatic rings. The van der Waals surface area contributed by atoms with Gasteiger partial charge in [-0.1, -0.05) is 6.92 Å². The fourth-order valence-corrected chi connectivity index (χ4v) is 4.27. The predicted molar refractivity (Wildman–Crippen MR) is 109 cm³/mol. The van der Waals surface area contributed by atoms with Crippen molar-refractivity contribution < 1.29 is 9.59 Å². The third kappa shape index (κ3) is 5.81. The number of rotatable bonds is 5. The van der Waals surface area contributed by atoms with Gasteiger partial charge >= 0.3 is 0 Å². The molecule has 2 N–H and O–H groups in total. The van der Waals surface area contributed by atoms with Crippen LogP contribution in [0.25, 0.3) is 0 Å². The summed E-state index contributed by atoms with van der Waals surface area (Å²) in [5, 5.41) is 8.67. The lowest BCUT2D eigenvalue weighted by atomic mass is 9.85. The number of likely N-dealkylation sites (tertiary alicyclic amines) is 1. The van der Waals surface area contributed by atoms with Gasteiger partial charge in [0.05, 0.1) is 0 Å². The lowest BCUT2D eigenvalue weighted by Crippen LogP contribution is -2.44. The van der Waals surface area contributed by atoms with Crippen LogP contribution in [0.4, 0.5) is 5.13 Å². The minimum Gasteiger partial charge on any atom is -0.331 e. The quantitative estimate of drug-likeness (QED) is 0.764. The number of hydrogen-bond donors (Lipinski definition) is 2. The number of halogens is 2. The number of nitrogens with zero attached hydrogens (tertiary/aromatic N) is 2. The predicted octanol–water partition coefficient (Wildman–Crippen LogP) is 2.94. The van der Waals surface area contributed by atoms with Crippen LogP contribution in [-0.4, -0.2) is 47.4 Å². The fourth-order valence-electron chi connectivity index (χ4n) is 3.74. The molecule has 0 spiro atoms.